The highest BCUT2D eigenvalue weighted by Crippen LogP contribution is 2.39. The lowest BCUT2D eigenvalue weighted by molar-refractivity contribution is 0.342. The Bertz CT molecular complexity index is 1350. The fourth-order valence-electron chi connectivity index (χ4n) is 5.45. The summed E-state index contributed by atoms with van der Waals surface area (Å²) in [4.78, 5) is 18.5. The van der Waals surface area contributed by atoms with E-state index in [-0.39, 0.29) is 17.7 Å². The molecule has 0 saturated carbocycles. The third-order valence-corrected chi connectivity index (χ3v) is 8.54. The zero-order valence-corrected chi connectivity index (χ0v) is 22.4. The van der Waals surface area contributed by atoms with E-state index in [1.165, 1.54) is 31.1 Å². The second-order valence-electron chi connectivity index (χ2n) is 10.6. The van der Waals surface area contributed by atoms with Crippen LogP contribution in [0.1, 0.15) is 51.5 Å². The molecule has 0 unspecified atom stereocenters. The molecule has 9 heteroatoms. The van der Waals surface area contributed by atoms with E-state index >= 15 is 0 Å². The van der Waals surface area contributed by atoms with Gasteiger partial charge in [-0.05, 0) is 61.3 Å². The Hall–Kier alpha value is -2.94. The lowest BCUT2D eigenvalue weighted by Gasteiger charge is -2.48. The number of rotatable bonds is 7. The molecule has 0 aliphatic carbocycles. The molecular formula is C27H36N6O2S. The first-order chi connectivity index (χ1) is 17.2. The Balaban J connectivity index is 1.43. The molecule has 8 nitrogen and oxygen atoms in total. The number of pyridine rings is 1. The molecular weight excluding hydrogens is 472 g/mol. The molecule has 36 heavy (non-hydrogen) atoms. The summed E-state index contributed by atoms with van der Waals surface area (Å²) < 4.78 is 23.6. The van der Waals surface area contributed by atoms with E-state index in [0.29, 0.717) is 5.92 Å². The second kappa shape index (κ2) is 9.84. The molecule has 0 amide bonds. The maximum atomic E-state index is 11.8. The monoisotopic (exact) mass is 508 g/mol. The first-order valence-corrected chi connectivity index (χ1v) is 15.0. The van der Waals surface area contributed by atoms with Crippen molar-refractivity contribution < 1.29 is 8.42 Å². The van der Waals surface area contributed by atoms with Gasteiger partial charge in [0.1, 0.15) is 21.5 Å². The Morgan fingerprint density at radius 2 is 1.83 bits per heavy atom. The normalized spacial score (nSPS) is 20.6. The fraction of sp³-hybridized carbons (Fsp3) is 0.519. The van der Waals surface area contributed by atoms with Crippen LogP contribution in [0.15, 0.2) is 36.7 Å². The summed E-state index contributed by atoms with van der Waals surface area (Å²) in [5.74, 6) is 2.99. The van der Waals surface area contributed by atoms with Crippen molar-refractivity contribution in [2.45, 2.75) is 52.0 Å². The van der Waals surface area contributed by atoms with Crippen molar-refractivity contribution in [3.8, 4) is 0 Å². The highest BCUT2D eigenvalue weighted by molar-refractivity contribution is 7.90. The molecule has 1 N–H and O–H groups in total. The molecule has 192 valence electrons. The molecule has 1 aromatic carbocycles. The van der Waals surface area contributed by atoms with E-state index in [9.17, 15) is 8.42 Å². The number of hydrogen-bond donors (Lipinski definition) is 1. The summed E-state index contributed by atoms with van der Waals surface area (Å²) in [7, 11) is -2.99. The van der Waals surface area contributed by atoms with E-state index in [0.717, 1.165) is 53.7 Å². The topological polar surface area (TPSA) is 91.3 Å². The Morgan fingerprint density at radius 3 is 2.53 bits per heavy atom. The smallest absolute Gasteiger partial charge is 0.227 e. The molecule has 2 atom stereocenters. The number of benzene rings is 1. The van der Waals surface area contributed by atoms with Crippen LogP contribution in [0.2, 0.25) is 0 Å². The molecule has 2 saturated heterocycles. The Morgan fingerprint density at radius 1 is 1.06 bits per heavy atom. The standard InChI is InChI=1S/C27H36N6O2S/c1-18(2)21-8-9-24(33-16-20(19(33)3)17-36(4,34)35)23-15-29-26(14-22(21)23)30-25-10-11-28-27(31-25)32-12-6-5-7-13-32/h8-11,14-15,18-20H,5-7,12-13,16-17H2,1-4H3,(H,28,29,30,31)/t19-,20-/m1/s1. The zero-order chi connectivity index (χ0) is 25.4. The highest BCUT2D eigenvalue weighted by atomic mass is 32.2. The van der Waals surface area contributed by atoms with Gasteiger partial charge in [-0.3, -0.25) is 0 Å². The number of hydrogen-bond acceptors (Lipinski definition) is 8. The van der Waals surface area contributed by atoms with Crippen LogP contribution in [0, 0.1) is 5.92 Å². The van der Waals surface area contributed by atoms with Crippen molar-refractivity contribution in [2.24, 2.45) is 5.92 Å². The third kappa shape index (κ3) is 5.12. The van der Waals surface area contributed by atoms with Gasteiger partial charge in [-0.1, -0.05) is 19.9 Å². The second-order valence-corrected chi connectivity index (χ2v) is 12.8. The van der Waals surface area contributed by atoms with Gasteiger partial charge < -0.3 is 15.1 Å². The van der Waals surface area contributed by atoms with Crippen LogP contribution in [-0.2, 0) is 9.84 Å². The Labute approximate surface area is 214 Å². The van der Waals surface area contributed by atoms with Crippen molar-refractivity contribution in [2.75, 3.05) is 46.8 Å². The van der Waals surface area contributed by atoms with Crippen LogP contribution in [0.3, 0.4) is 0 Å². The lowest BCUT2D eigenvalue weighted by atomic mass is 9.88. The van der Waals surface area contributed by atoms with Gasteiger partial charge in [-0.15, -0.1) is 0 Å². The van der Waals surface area contributed by atoms with Gasteiger partial charge in [0.25, 0.3) is 0 Å². The summed E-state index contributed by atoms with van der Waals surface area (Å²) in [6.45, 7) is 9.25. The first kappa shape index (κ1) is 24.7. The SMILES string of the molecule is CC(C)c1ccc(N2C[C@H](CS(C)(=O)=O)[C@H]2C)c2cnc(Nc3ccnc(N4CCCCC4)n3)cc12. The van der Waals surface area contributed by atoms with Gasteiger partial charge in [0.05, 0.1) is 5.75 Å². The highest BCUT2D eigenvalue weighted by Gasteiger charge is 2.38. The summed E-state index contributed by atoms with van der Waals surface area (Å²) in [5, 5.41) is 5.64. The predicted molar refractivity (Wildman–Crippen MR) is 147 cm³/mol. The minimum absolute atomic E-state index is 0.153. The molecule has 2 aromatic heterocycles. The number of fused-ring (bicyclic) bond motifs is 1. The maximum absolute atomic E-state index is 11.8. The molecule has 0 radical (unpaired) electrons. The molecule has 0 bridgehead atoms. The number of nitrogens with zero attached hydrogens (tertiary/aromatic N) is 5. The summed E-state index contributed by atoms with van der Waals surface area (Å²) >= 11 is 0. The molecule has 4 heterocycles. The quantitative estimate of drug-likeness (QED) is 0.489. The first-order valence-electron chi connectivity index (χ1n) is 12.9. The van der Waals surface area contributed by atoms with Crippen molar-refractivity contribution in [3.63, 3.8) is 0 Å². The van der Waals surface area contributed by atoms with Crippen molar-refractivity contribution >= 4 is 43.9 Å². The van der Waals surface area contributed by atoms with Crippen LogP contribution in [0.4, 0.5) is 23.3 Å². The van der Waals surface area contributed by atoms with Gasteiger partial charge in [-0.25, -0.2) is 18.4 Å². The van der Waals surface area contributed by atoms with Gasteiger partial charge in [0, 0.05) is 61.3 Å². The van der Waals surface area contributed by atoms with Gasteiger partial charge >= 0.3 is 0 Å². The third-order valence-electron chi connectivity index (χ3n) is 7.50. The van der Waals surface area contributed by atoms with E-state index in [4.69, 9.17) is 9.97 Å². The van der Waals surface area contributed by atoms with E-state index in [1.807, 2.05) is 12.3 Å². The summed E-state index contributed by atoms with van der Waals surface area (Å²) in [5.41, 5.74) is 2.37. The van der Waals surface area contributed by atoms with E-state index in [2.05, 4.69) is 59.1 Å². The number of aromatic nitrogens is 3. The largest absolute Gasteiger partial charge is 0.368 e. The van der Waals surface area contributed by atoms with Gasteiger partial charge in [0.15, 0.2) is 0 Å². The molecule has 2 aliphatic rings. The Kier molecular flexibility index (Phi) is 6.76. The van der Waals surface area contributed by atoms with Crippen LogP contribution in [0.5, 0.6) is 0 Å². The molecule has 5 rings (SSSR count). The van der Waals surface area contributed by atoms with Gasteiger partial charge in [-0.2, -0.15) is 4.98 Å². The van der Waals surface area contributed by atoms with Crippen LogP contribution in [-0.4, -0.2) is 61.1 Å². The van der Waals surface area contributed by atoms with E-state index in [1.54, 1.807) is 6.20 Å². The summed E-state index contributed by atoms with van der Waals surface area (Å²) in [6, 6.07) is 8.51. The number of anilines is 4. The maximum Gasteiger partial charge on any atom is 0.227 e. The van der Waals surface area contributed by atoms with Crippen molar-refractivity contribution in [1.29, 1.82) is 0 Å². The minimum Gasteiger partial charge on any atom is -0.368 e. The molecule has 0 spiro atoms. The van der Waals surface area contributed by atoms with Crippen LogP contribution >= 0.6 is 0 Å². The predicted octanol–water partition coefficient (Wildman–Crippen LogP) is 4.75. The lowest BCUT2D eigenvalue weighted by Crippen LogP contribution is -2.57. The van der Waals surface area contributed by atoms with Gasteiger partial charge in [0.2, 0.25) is 5.95 Å². The van der Waals surface area contributed by atoms with Crippen molar-refractivity contribution in [3.05, 3.63) is 42.2 Å². The van der Waals surface area contributed by atoms with E-state index < -0.39 is 9.84 Å². The molecule has 2 aliphatic heterocycles. The number of sulfone groups is 1. The minimum atomic E-state index is -2.99. The average molecular weight is 509 g/mol. The van der Waals surface area contributed by atoms with Crippen molar-refractivity contribution in [1.82, 2.24) is 15.0 Å². The van der Waals surface area contributed by atoms with Crippen LogP contribution in [0.25, 0.3) is 10.8 Å². The number of piperidine rings is 1. The summed E-state index contributed by atoms with van der Waals surface area (Å²) in [6.07, 6.45) is 8.68. The molecule has 3 aromatic rings. The zero-order valence-electron chi connectivity index (χ0n) is 21.6. The van der Waals surface area contributed by atoms with Crippen LogP contribution < -0.4 is 15.1 Å². The number of nitrogens with one attached hydrogen (secondary N) is 1. The average Bonchev–Trinajstić information content (AvgIpc) is 2.85. The fourth-order valence-corrected chi connectivity index (χ4v) is 6.61. The molecule has 2 fully saturated rings.